The third-order valence-electron chi connectivity index (χ3n) is 2.82. The van der Waals surface area contributed by atoms with Crippen molar-refractivity contribution in [3.63, 3.8) is 0 Å². The van der Waals surface area contributed by atoms with E-state index in [1.165, 1.54) is 0 Å². The number of hydrogen-bond donors (Lipinski definition) is 1. The van der Waals surface area contributed by atoms with Crippen LogP contribution in [0.2, 0.25) is 10.0 Å². The van der Waals surface area contributed by atoms with E-state index in [-0.39, 0.29) is 6.61 Å². The second kappa shape index (κ2) is 9.43. The lowest BCUT2D eigenvalue weighted by Crippen LogP contribution is -2.32. The van der Waals surface area contributed by atoms with E-state index in [2.05, 4.69) is 11.8 Å². The van der Waals surface area contributed by atoms with Crippen molar-refractivity contribution in [3.05, 3.63) is 28.2 Å². The van der Waals surface area contributed by atoms with Gasteiger partial charge in [-0.05, 0) is 25.1 Å². The highest BCUT2D eigenvalue weighted by Crippen LogP contribution is 2.32. The number of aliphatic hydroxyl groups excluding tert-OH is 1. The van der Waals surface area contributed by atoms with Crippen molar-refractivity contribution >= 4 is 23.2 Å². The molecular weight excluding hydrogens is 285 g/mol. The number of unbranched alkanes of at least 4 members (excludes halogenated alkanes) is 1. The van der Waals surface area contributed by atoms with Crippen LogP contribution in [0.3, 0.4) is 0 Å². The monoisotopic (exact) mass is 305 g/mol. The van der Waals surface area contributed by atoms with Gasteiger partial charge in [0.05, 0.1) is 16.7 Å². The molecule has 0 bridgehead atoms. The molecule has 0 unspecified atom stereocenters. The molecule has 0 atom stereocenters. The lowest BCUT2D eigenvalue weighted by Gasteiger charge is -2.21. The average Bonchev–Trinajstić information content (AvgIpc) is 2.39. The Bertz CT molecular complexity index is 354. The molecule has 108 valence electrons. The summed E-state index contributed by atoms with van der Waals surface area (Å²) in [4.78, 5) is 2.17. The Morgan fingerprint density at radius 2 is 1.84 bits per heavy atom. The molecule has 0 saturated carbocycles. The molecule has 0 radical (unpaired) electrons. The van der Waals surface area contributed by atoms with Gasteiger partial charge in [0.1, 0.15) is 6.61 Å². The van der Waals surface area contributed by atoms with Gasteiger partial charge in [-0.3, -0.25) is 4.90 Å². The first-order chi connectivity index (χ1) is 9.19. The van der Waals surface area contributed by atoms with Crippen LogP contribution in [0.25, 0.3) is 0 Å². The van der Waals surface area contributed by atoms with Gasteiger partial charge in [-0.1, -0.05) is 42.6 Å². The average molecular weight is 306 g/mol. The van der Waals surface area contributed by atoms with Gasteiger partial charge in [-0.2, -0.15) is 0 Å². The summed E-state index contributed by atoms with van der Waals surface area (Å²) < 4.78 is 5.64. The topological polar surface area (TPSA) is 32.7 Å². The minimum absolute atomic E-state index is 0.163. The Morgan fingerprint density at radius 3 is 2.42 bits per heavy atom. The molecule has 1 aromatic carbocycles. The summed E-state index contributed by atoms with van der Waals surface area (Å²) in [7, 11) is 0. The van der Waals surface area contributed by atoms with E-state index in [0.29, 0.717) is 28.9 Å². The van der Waals surface area contributed by atoms with Gasteiger partial charge < -0.3 is 9.84 Å². The van der Waals surface area contributed by atoms with Crippen molar-refractivity contribution in [1.29, 1.82) is 0 Å². The fourth-order valence-electron chi connectivity index (χ4n) is 1.76. The number of aliphatic hydroxyl groups is 1. The van der Waals surface area contributed by atoms with E-state index in [1.54, 1.807) is 18.2 Å². The maximum atomic E-state index is 9.02. The minimum atomic E-state index is 0.163. The predicted octanol–water partition coefficient (Wildman–Crippen LogP) is 3.47. The molecule has 5 heteroatoms. The lowest BCUT2D eigenvalue weighted by molar-refractivity contribution is 0.167. The number of ether oxygens (including phenoxy) is 1. The molecule has 0 aliphatic heterocycles. The zero-order chi connectivity index (χ0) is 14.1. The number of benzene rings is 1. The van der Waals surface area contributed by atoms with Crippen LogP contribution in [-0.2, 0) is 0 Å². The number of hydrogen-bond acceptors (Lipinski definition) is 3. The summed E-state index contributed by atoms with van der Waals surface area (Å²) in [6.07, 6.45) is 2.26. The standard InChI is InChI=1S/C14H21Cl2NO2/c1-2-3-7-17(8-10-18)9-11-19-14-12(15)5-4-6-13(14)16/h4-6,18H,2-3,7-11H2,1H3. The quantitative estimate of drug-likeness (QED) is 0.758. The molecule has 0 amide bonds. The zero-order valence-corrected chi connectivity index (χ0v) is 12.8. The van der Waals surface area contributed by atoms with Crippen LogP contribution in [-0.4, -0.2) is 42.9 Å². The fourth-order valence-corrected chi connectivity index (χ4v) is 2.26. The Hall–Kier alpha value is -0.480. The van der Waals surface area contributed by atoms with Crippen LogP contribution in [0, 0.1) is 0 Å². The Balaban J connectivity index is 2.42. The maximum Gasteiger partial charge on any atom is 0.156 e. The zero-order valence-electron chi connectivity index (χ0n) is 11.2. The first kappa shape index (κ1) is 16.6. The van der Waals surface area contributed by atoms with Gasteiger partial charge in [0, 0.05) is 13.1 Å². The van der Waals surface area contributed by atoms with Gasteiger partial charge in [0.15, 0.2) is 5.75 Å². The minimum Gasteiger partial charge on any atom is -0.489 e. The first-order valence-corrected chi connectivity index (χ1v) is 7.34. The van der Waals surface area contributed by atoms with Crippen LogP contribution in [0.1, 0.15) is 19.8 Å². The van der Waals surface area contributed by atoms with Crippen molar-refractivity contribution in [1.82, 2.24) is 4.90 Å². The molecule has 0 aromatic heterocycles. The molecule has 0 aliphatic carbocycles. The Morgan fingerprint density at radius 1 is 1.16 bits per heavy atom. The molecular formula is C14H21Cl2NO2. The van der Waals surface area contributed by atoms with Crippen LogP contribution in [0.5, 0.6) is 5.75 Å². The van der Waals surface area contributed by atoms with Gasteiger partial charge >= 0.3 is 0 Å². The summed E-state index contributed by atoms with van der Waals surface area (Å²) in [5, 5.41) is 10.1. The predicted molar refractivity (Wildman–Crippen MR) is 80.4 cm³/mol. The van der Waals surface area contributed by atoms with Gasteiger partial charge in [-0.25, -0.2) is 0 Å². The van der Waals surface area contributed by atoms with Crippen molar-refractivity contribution in [3.8, 4) is 5.75 Å². The molecule has 1 aromatic rings. The van der Waals surface area contributed by atoms with Crippen LogP contribution in [0.15, 0.2) is 18.2 Å². The third-order valence-corrected chi connectivity index (χ3v) is 3.41. The molecule has 0 spiro atoms. The molecule has 1 N–H and O–H groups in total. The number of para-hydroxylation sites is 1. The molecule has 19 heavy (non-hydrogen) atoms. The summed E-state index contributed by atoms with van der Waals surface area (Å²) in [5.74, 6) is 0.533. The smallest absolute Gasteiger partial charge is 0.156 e. The van der Waals surface area contributed by atoms with Gasteiger partial charge in [0.2, 0.25) is 0 Å². The van der Waals surface area contributed by atoms with Crippen molar-refractivity contribution < 1.29 is 9.84 Å². The van der Waals surface area contributed by atoms with E-state index < -0.39 is 0 Å². The SMILES string of the molecule is CCCCN(CCO)CCOc1c(Cl)cccc1Cl. The van der Waals surface area contributed by atoms with E-state index in [9.17, 15) is 0 Å². The second-order valence-electron chi connectivity index (χ2n) is 4.32. The van der Waals surface area contributed by atoms with Crippen molar-refractivity contribution in [2.24, 2.45) is 0 Å². The molecule has 0 fully saturated rings. The maximum absolute atomic E-state index is 9.02. The van der Waals surface area contributed by atoms with Gasteiger partial charge in [-0.15, -0.1) is 0 Å². The van der Waals surface area contributed by atoms with Gasteiger partial charge in [0.25, 0.3) is 0 Å². The van der Waals surface area contributed by atoms with Crippen LogP contribution >= 0.6 is 23.2 Å². The summed E-state index contributed by atoms with van der Waals surface area (Å²) in [6.45, 7) is 5.21. The number of nitrogens with zero attached hydrogens (tertiary/aromatic N) is 1. The molecule has 0 heterocycles. The van der Waals surface area contributed by atoms with Crippen LogP contribution in [0.4, 0.5) is 0 Å². The Kier molecular flexibility index (Phi) is 8.22. The van der Waals surface area contributed by atoms with Crippen molar-refractivity contribution in [2.45, 2.75) is 19.8 Å². The Labute approximate surface area is 125 Å². The van der Waals surface area contributed by atoms with Crippen LogP contribution < -0.4 is 4.74 Å². The van der Waals surface area contributed by atoms with Crippen molar-refractivity contribution in [2.75, 3.05) is 32.8 Å². The highest BCUT2D eigenvalue weighted by molar-refractivity contribution is 6.37. The van der Waals surface area contributed by atoms with E-state index >= 15 is 0 Å². The summed E-state index contributed by atoms with van der Waals surface area (Å²) >= 11 is 12.1. The molecule has 3 nitrogen and oxygen atoms in total. The largest absolute Gasteiger partial charge is 0.489 e. The second-order valence-corrected chi connectivity index (χ2v) is 5.13. The summed E-state index contributed by atoms with van der Waals surface area (Å²) in [6, 6.07) is 5.30. The molecule has 0 saturated heterocycles. The molecule has 1 rings (SSSR count). The fraction of sp³-hybridized carbons (Fsp3) is 0.571. The summed E-state index contributed by atoms with van der Waals surface area (Å²) in [5.41, 5.74) is 0. The van der Waals surface area contributed by atoms with E-state index in [4.69, 9.17) is 33.0 Å². The lowest BCUT2D eigenvalue weighted by atomic mass is 10.3. The number of halogens is 2. The van der Waals surface area contributed by atoms with E-state index in [0.717, 1.165) is 25.9 Å². The third kappa shape index (κ3) is 6.00. The highest BCUT2D eigenvalue weighted by Gasteiger charge is 2.08. The normalized spacial score (nSPS) is 11.0. The van der Waals surface area contributed by atoms with E-state index in [1.807, 2.05) is 0 Å². The molecule has 0 aliphatic rings. The first-order valence-electron chi connectivity index (χ1n) is 6.59. The number of rotatable bonds is 9. The highest BCUT2D eigenvalue weighted by atomic mass is 35.5.